The van der Waals surface area contributed by atoms with E-state index in [-0.39, 0.29) is 11.9 Å². The summed E-state index contributed by atoms with van der Waals surface area (Å²) in [4.78, 5) is 15.8. The standard InChI is InChI=1S/C39H25NO4/c41-39-30-11-5-7-13-35(30)43-36-17-15-27(21-32(36)39)40(26-8-2-1-3-9-26)28-22-31(24-14-16-33-25(20-24)18-19-42-33)38-29-10-4-6-12-34(29)44-37(38)23-28/h1-12,14-23,35H,13H2. The van der Waals surface area contributed by atoms with E-state index >= 15 is 0 Å². The smallest absolute Gasteiger partial charge is 0.196 e. The minimum Gasteiger partial charge on any atom is -0.484 e. The first-order valence-electron chi connectivity index (χ1n) is 14.7. The average molecular weight is 572 g/mol. The van der Waals surface area contributed by atoms with Crippen LogP contribution in [0.15, 0.2) is 148 Å². The van der Waals surface area contributed by atoms with Crippen molar-refractivity contribution in [1.29, 1.82) is 0 Å². The molecule has 0 amide bonds. The minimum absolute atomic E-state index is 0.0114. The lowest BCUT2D eigenvalue weighted by atomic mass is 9.90. The maximum Gasteiger partial charge on any atom is 0.196 e. The first-order chi connectivity index (χ1) is 21.7. The SMILES string of the molecule is O=C1C2=CC=CCC2Oc2ccc(N(c3ccccc3)c3cc(-c4ccc5occc5c4)c4c(c3)oc3ccccc34)cc21. The van der Waals surface area contributed by atoms with E-state index in [9.17, 15) is 4.79 Å². The predicted octanol–water partition coefficient (Wildman–Crippen LogP) is 10.3. The van der Waals surface area contributed by atoms with Crippen molar-refractivity contribution in [2.24, 2.45) is 0 Å². The predicted molar refractivity (Wildman–Crippen MR) is 174 cm³/mol. The maximum absolute atomic E-state index is 13.7. The Balaban J connectivity index is 1.28. The third-order valence-corrected chi connectivity index (χ3v) is 8.61. The molecule has 210 valence electrons. The van der Waals surface area contributed by atoms with Crippen molar-refractivity contribution in [3.05, 3.63) is 145 Å². The Morgan fingerprint density at radius 1 is 0.705 bits per heavy atom. The van der Waals surface area contributed by atoms with Crippen molar-refractivity contribution < 1.29 is 18.4 Å². The number of anilines is 3. The van der Waals surface area contributed by atoms with Gasteiger partial charge >= 0.3 is 0 Å². The monoisotopic (exact) mass is 571 g/mol. The zero-order chi connectivity index (χ0) is 29.2. The number of rotatable bonds is 4. The second-order valence-electron chi connectivity index (χ2n) is 11.2. The van der Waals surface area contributed by atoms with E-state index in [1.54, 1.807) is 6.26 Å². The van der Waals surface area contributed by atoms with Crippen LogP contribution in [0.2, 0.25) is 0 Å². The Kier molecular flexibility index (Phi) is 5.41. The molecule has 3 heterocycles. The van der Waals surface area contributed by atoms with Crippen molar-refractivity contribution in [1.82, 2.24) is 0 Å². The molecule has 0 N–H and O–H groups in total. The van der Waals surface area contributed by atoms with E-state index in [0.717, 1.165) is 61.1 Å². The Bertz CT molecular complexity index is 2320. The number of allylic oxidation sites excluding steroid dienone is 2. The number of nitrogens with zero attached hydrogens (tertiary/aromatic N) is 1. The number of carbonyl (C=O) groups excluding carboxylic acids is 1. The summed E-state index contributed by atoms with van der Waals surface area (Å²) in [5.41, 5.74) is 8.55. The van der Waals surface area contributed by atoms with Gasteiger partial charge < -0.3 is 18.5 Å². The van der Waals surface area contributed by atoms with Crippen molar-refractivity contribution in [2.45, 2.75) is 12.5 Å². The Morgan fingerprint density at radius 3 is 2.50 bits per heavy atom. The molecule has 0 spiro atoms. The second-order valence-corrected chi connectivity index (χ2v) is 11.2. The number of carbonyl (C=O) groups is 1. The van der Waals surface area contributed by atoms with Crippen LogP contribution < -0.4 is 9.64 Å². The second kappa shape index (κ2) is 9.61. The molecule has 2 aromatic heterocycles. The Morgan fingerprint density at radius 2 is 1.57 bits per heavy atom. The van der Waals surface area contributed by atoms with Crippen LogP contribution in [0.25, 0.3) is 44.0 Å². The lowest BCUT2D eigenvalue weighted by molar-refractivity contribution is 0.0961. The number of hydrogen-bond acceptors (Lipinski definition) is 5. The Hall–Kier alpha value is -5.81. The molecular formula is C39H25NO4. The highest BCUT2D eigenvalue weighted by molar-refractivity contribution is 6.15. The summed E-state index contributed by atoms with van der Waals surface area (Å²) in [6.45, 7) is 0. The van der Waals surface area contributed by atoms with E-state index in [4.69, 9.17) is 13.6 Å². The normalized spacial score (nSPS) is 15.7. The number of benzene rings is 5. The highest BCUT2D eigenvalue weighted by Crippen LogP contribution is 2.45. The zero-order valence-electron chi connectivity index (χ0n) is 23.6. The van der Waals surface area contributed by atoms with Gasteiger partial charge in [0.25, 0.3) is 0 Å². The quantitative estimate of drug-likeness (QED) is 0.210. The first-order valence-corrected chi connectivity index (χ1v) is 14.7. The van der Waals surface area contributed by atoms with Gasteiger partial charge in [-0.05, 0) is 71.8 Å². The molecule has 1 atom stereocenters. The summed E-state index contributed by atoms with van der Waals surface area (Å²) in [7, 11) is 0. The van der Waals surface area contributed by atoms with Gasteiger partial charge in [0, 0.05) is 45.6 Å². The van der Waals surface area contributed by atoms with E-state index in [0.29, 0.717) is 23.3 Å². The van der Waals surface area contributed by atoms with Crippen LogP contribution in [0.4, 0.5) is 17.1 Å². The minimum atomic E-state index is -0.235. The number of Topliss-reactive ketones (excluding diaryl/α,β-unsaturated/α-hetero) is 1. The number of furan rings is 2. The van der Waals surface area contributed by atoms with Gasteiger partial charge in [-0.2, -0.15) is 0 Å². The van der Waals surface area contributed by atoms with Crippen molar-refractivity contribution >= 4 is 55.8 Å². The molecule has 7 aromatic rings. The molecule has 0 radical (unpaired) electrons. The summed E-state index contributed by atoms with van der Waals surface area (Å²) in [6.07, 6.45) is 8.02. The third kappa shape index (κ3) is 3.83. The van der Waals surface area contributed by atoms with Gasteiger partial charge in [-0.3, -0.25) is 4.79 Å². The topological polar surface area (TPSA) is 55.8 Å². The van der Waals surface area contributed by atoms with E-state index in [1.807, 2.05) is 85.0 Å². The number of ether oxygens (including phenoxy) is 1. The molecule has 1 aliphatic carbocycles. The van der Waals surface area contributed by atoms with Crippen molar-refractivity contribution in [2.75, 3.05) is 4.90 Å². The number of fused-ring (bicyclic) bond motifs is 6. The van der Waals surface area contributed by atoms with Crippen LogP contribution in [0.3, 0.4) is 0 Å². The van der Waals surface area contributed by atoms with E-state index < -0.39 is 0 Å². The van der Waals surface area contributed by atoms with Crippen molar-refractivity contribution in [3.63, 3.8) is 0 Å². The van der Waals surface area contributed by atoms with Crippen LogP contribution >= 0.6 is 0 Å². The fourth-order valence-corrected chi connectivity index (χ4v) is 6.54. The zero-order valence-corrected chi connectivity index (χ0v) is 23.6. The van der Waals surface area contributed by atoms with Gasteiger partial charge in [0.1, 0.15) is 28.6 Å². The van der Waals surface area contributed by atoms with E-state index in [2.05, 4.69) is 47.4 Å². The molecule has 0 saturated carbocycles. The molecule has 9 rings (SSSR count). The molecule has 44 heavy (non-hydrogen) atoms. The molecule has 0 bridgehead atoms. The molecule has 5 nitrogen and oxygen atoms in total. The summed E-state index contributed by atoms with van der Waals surface area (Å²) >= 11 is 0. The molecular weight excluding hydrogens is 546 g/mol. The molecule has 2 aliphatic rings. The average Bonchev–Trinajstić information content (AvgIpc) is 3.70. The van der Waals surface area contributed by atoms with E-state index in [1.165, 1.54) is 0 Å². The summed E-state index contributed by atoms with van der Waals surface area (Å²) in [5.74, 6) is 0.628. The largest absolute Gasteiger partial charge is 0.484 e. The summed E-state index contributed by atoms with van der Waals surface area (Å²) in [5, 5.41) is 3.15. The van der Waals surface area contributed by atoms with Crippen LogP contribution in [0, 0.1) is 0 Å². The molecule has 1 unspecified atom stereocenters. The number of para-hydroxylation sites is 2. The van der Waals surface area contributed by atoms with Crippen molar-refractivity contribution in [3.8, 4) is 16.9 Å². The van der Waals surface area contributed by atoms with Gasteiger partial charge in [-0.1, -0.05) is 60.7 Å². The highest BCUT2D eigenvalue weighted by Gasteiger charge is 2.33. The third-order valence-electron chi connectivity index (χ3n) is 8.61. The van der Waals surface area contributed by atoms with Crippen LogP contribution in [0.1, 0.15) is 16.8 Å². The van der Waals surface area contributed by atoms with Gasteiger partial charge in [-0.15, -0.1) is 0 Å². The number of hydrogen-bond donors (Lipinski definition) is 0. The van der Waals surface area contributed by atoms with Gasteiger partial charge in [0.05, 0.1) is 17.5 Å². The highest BCUT2D eigenvalue weighted by atomic mass is 16.5. The lowest BCUT2D eigenvalue weighted by Crippen LogP contribution is -2.31. The van der Waals surface area contributed by atoms with Crippen LogP contribution in [-0.4, -0.2) is 11.9 Å². The van der Waals surface area contributed by atoms with Crippen LogP contribution in [-0.2, 0) is 0 Å². The lowest BCUT2D eigenvalue weighted by Gasteiger charge is -2.31. The first kappa shape index (κ1) is 24.8. The molecule has 5 aromatic carbocycles. The fourth-order valence-electron chi connectivity index (χ4n) is 6.54. The van der Waals surface area contributed by atoms with Gasteiger partial charge in [-0.25, -0.2) is 0 Å². The molecule has 5 heteroatoms. The summed E-state index contributed by atoms with van der Waals surface area (Å²) < 4.78 is 18.4. The number of ketones is 1. The molecule has 0 saturated heterocycles. The molecule has 1 aliphatic heterocycles. The Labute approximate surface area is 252 Å². The van der Waals surface area contributed by atoms with Gasteiger partial charge in [0.2, 0.25) is 0 Å². The fraction of sp³-hybridized carbons (Fsp3) is 0.0513. The van der Waals surface area contributed by atoms with Crippen LogP contribution in [0.5, 0.6) is 5.75 Å². The summed E-state index contributed by atoms with van der Waals surface area (Å²) in [6, 6.07) is 36.8. The van der Waals surface area contributed by atoms with Gasteiger partial charge in [0.15, 0.2) is 5.78 Å². The molecule has 0 fully saturated rings. The maximum atomic E-state index is 13.7.